The summed E-state index contributed by atoms with van der Waals surface area (Å²) in [6.07, 6.45) is 10.3. The van der Waals surface area contributed by atoms with Gasteiger partial charge in [0.2, 0.25) is 0 Å². The molecule has 0 spiro atoms. The Balaban J connectivity index is 2.01. The summed E-state index contributed by atoms with van der Waals surface area (Å²) < 4.78 is 0. The van der Waals surface area contributed by atoms with E-state index in [1.165, 1.54) is 41.5 Å². The molecule has 0 heterocycles. The molecule has 0 radical (unpaired) electrons. The van der Waals surface area contributed by atoms with Gasteiger partial charge in [0.1, 0.15) is 0 Å². The summed E-state index contributed by atoms with van der Waals surface area (Å²) in [6.45, 7) is 4.32. The number of unbranched alkanes of at least 4 members (excludes halogenated alkanes) is 1. The predicted molar refractivity (Wildman–Crippen MR) is 93.6 cm³/mol. The first-order valence-electron chi connectivity index (χ1n) is 8.13. The summed E-state index contributed by atoms with van der Waals surface area (Å²) >= 11 is 0. The van der Waals surface area contributed by atoms with Gasteiger partial charge >= 0.3 is 0 Å². The van der Waals surface area contributed by atoms with Crippen LogP contribution in [-0.4, -0.2) is 0 Å². The van der Waals surface area contributed by atoms with Crippen LogP contribution < -0.4 is 0 Å². The fraction of sp³-hybridized carbons (Fsp3) is 0.333. The highest BCUT2D eigenvalue weighted by molar-refractivity contribution is 5.63. The zero-order valence-electron chi connectivity index (χ0n) is 13.3. The van der Waals surface area contributed by atoms with E-state index in [4.69, 9.17) is 0 Å². The molecule has 2 aromatic carbocycles. The molecule has 0 nitrogen and oxygen atoms in total. The molecule has 0 aliphatic heterocycles. The van der Waals surface area contributed by atoms with E-state index in [2.05, 4.69) is 74.5 Å². The van der Waals surface area contributed by atoms with E-state index >= 15 is 0 Å². The van der Waals surface area contributed by atoms with Gasteiger partial charge in [-0.3, -0.25) is 0 Å². The van der Waals surface area contributed by atoms with Gasteiger partial charge in [0.05, 0.1) is 0 Å². The number of allylic oxidation sites excluding steroid dienone is 2. The Morgan fingerprint density at radius 1 is 0.762 bits per heavy atom. The van der Waals surface area contributed by atoms with Gasteiger partial charge in [-0.15, -0.1) is 0 Å². The van der Waals surface area contributed by atoms with Crippen LogP contribution in [0.3, 0.4) is 0 Å². The number of benzene rings is 2. The van der Waals surface area contributed by atoms with Crippen molar-refractivity contribution in [1.29, 1.82) is 0 Å². The van der Waals surface area contributed by atoms with Crippen molar-refractivity contribution in [1.82, 2.24) is 0 Å². The lowest BCUT2D eigenvalue weighted by Gasteiger charge is -2.06. The zero-order chi connectivity index (χ0) is 14.9. The first-order chi connectivity index (χ1) is 10.3. The van der Waals surface area contributed by atoms with Crippen molar-refractivity contribution in [2.75, 3.05) is 0 Å². The van der Waals surface area contributed by atoms with Crippen molar-refractivity contribution in [3.8, 4) is 11.1 Å². The fourth-order valence-electron chi connectivity index (χ4n) is 2.53. The molecule has 0 heteroatoms. The van der Waals surface area contributed by atoms with Crippen LogP contribution in [0.4, 0.5) is 0 Å². The second-order valence-electron chi connectivity index (χ2n) is 5.61. The smallest absolute Gasteiger partial charge is 0.0184 e. The highest BCUT2D eigenvalue weighted by atomic mass is 14.0. The summed E-state index contributed by atoms with van der Waals surface area (Å²) in [5.74, 6) is 0. The lowest BCUT2D eigenvalue weighted by atomic mass is 10.00. The Morgan fingerprint density at radius 2 is 1.29 bits per heavy atom. The maximum atomic E-state index is 2.27. The van der Waals surface area contributed by atoms with E-state index in [0.717, 1.165) is 12.8 Å². The molecule has 0 bridgehead atoms. The van der Waals surface area contributed by atoms with Crippen molar-refractivity contribution >= 4 is 0 Å². The number of aryl methyl sites for hydroxylation is 2. The summed E-state index contributed by atoms with van der Waals surface area (Å²) in [5, 5.41) is 0. The Labute approximate surface area is 129 Å². The molecule has 0 saturated carbocycles. The molecule has 0 amide bonds. The van der Waals surface area contributed by atoms with E-state index in [9.17, 15) is 0 Å². The lowest BCUT2D eigenvalue weighted by Crippen LogP contribution is -1.86. The molecule has 0 atom stereocenters. The number of rotatable bonds is 7. The molecule has 0 saturated heterocycles. The van der Waals surface area contributed by atoms with Gasteiger partial charge < -0.3 is 0 Å². The minimum Gasteiger partial charge on any atom is -0.0917 e. The predicted octanol–water partition coefficient (Wildman–Crippen LogP) is 6.20. The highest BCUT2D eigenvalue weighted by Gasteiger charge is 1.99. The summed E-state index contributed by atoms with van der Waals surface area (Å²) in [5.41, 5.74) is 5.49. The van der Waals surface area contributed by atoms with Crippen molar-refractivity contribution in [2.24, 2.45) is 0 Å². The van der Waals surface area contributed by atoms with Crippen molar-refractivity contribution in [3.05, 3.63) is 71.8 Å². The van der Waals surface area contributed by atoms with Gasteiger partial charge in [0.25, 0.3) is 0 Å². The molecule has 0 N–H and O–H groups in total. The molecular weight excluding hydrogens is 252 g/mol. The Morgan fingerprint density at radius 3 is 1.76 bits per heavy atom. The Bertz CT molecular complexity index is 544. The second-order valence-corrected chi connectivity index (χ2v) is 5.61. The molecule has 0 aliphatic carbocycles. The van der Waals surface area contributed by atoms with Crippen LogP contribution in [-0.2, 0) is 12.8 Å². The van der Waals surface area contributed by atoms with Crippen molar-refractivity contribution in [3.63, 3.8) is 0 Å². The molecule has 2 aromatic rings. The molecule has 0 fully saturated rings. The topological polar surface area (TPSA) is 0 Å². The monoisotopic (exact) mass is 278 g/mol. The minimum atomic E-state index is 1.13. The summed E-state index contributed by atoms with van der Waals surface area (Å²) in [7, 11) is 0. The first-order valence-corrected chi connectivity index (χ1v) is 8.13. The molecule has 0 unspecified atom stereocenters. The maximum Gasteiger partial charge on any atom is -0.0184 e. The normalized spacial score (nSPS) is 11.1. The van der Waals surface area contributed by atoms with Gasteiger partial charge in [0, 0.05) is 0 Å². The molecule has 21 heavy (non-hydrogen) atoms. The molecule has 0 aromatic heterocycles. The van der Waals surface area contributed by atoms with E-state index in [-0.39, 0.29) is 0 Å². The lowest BCUT2D eigenvalue weighted by molar-refractivity contribution is 0.795. The standard InChI is InChI=1S/C21H26/c1-3-5-7-9-19-12-16-21(17-13-19)20-14-10-18(11-15-20)8-6-4-2/h3,5,10-17H,4,6-9H2,1-2H3/b5-3-. The summed E-state index contributed by atoms with van der Waals surface area (Å²) in [4.78, 5) is 0. The SMILES string of the molecule is C/C=C\CCc1ccc(-c2ccc(CCCC)cc2)cc1. The molecule has 2 rings (SSSR count). The number of hydrogen-bond acceptors (Lipinski definition) is 0. The van der Waals surface area contributed by atoms with Crippen LogP contribution in [0.1, 0.15) is 44.2 Å². The van der Waals surface area contributed by atoms with Crippen LogP contribution in [0.5, 0.6) is 0 Å². The van der Waals surface area contributed by atoms with Gasteiger partial charge in [-0.1, -0.05) is 74.0 Å². The zero-order valence-corrected chi connectivity index (χ0v) is 13.3. The molecule has 0 aliphatic rings. The van der Waals surface area contributed by atoms with Crippen molar-refractivity contribution < 1.29 is 0 Å². The summed E-state index contributed by atoms with van der Waals surface area (Å²) in [6, 6.07) is 18.0. The van der Waals surface area contributed by atoms with E-state index in [1.807, 2.05) is 0 Å². The third-order valence-corrected chi connectivity index (χ3v) is 3.90. The third kappa shape index (κ3) is 4.90. The van der Waals surface area contributed by atoms with Gasteiger partial charge in [-0.25, -0.2) is 0 Å². The second kappa shape index (κ2) is 8.46. The fourth-order valence-corrected chi connectivity index (χ4v) is 2.53. The van der Waals surface area contributed by atoms with Crippen LogP contribution in [0.2, 0.25) is 0 Å². The largest absolute Gasteiger partial charge is 0.0917 e. The average Bonchev–Trinajstić information content (AvgIpc) is 2.54. The van der Waals surface area contributed by atoms with Gasteiger partial charge in [-0.2, -0.15) is 0 Å². The Hall–Kier alpha value is -1.82. The minimum absolute atomic E-state index is 1.13. The number of hydrogen-bond donors (Lipinski definition) is 0. The average molecular weight is 278 g/mol. The van der Waals surface area contributed by atoms with Crippen molar-refractivity contribution in [2.45, 2.75) is 46.0 Å². The van der Waals surface area contributed by atoms with Crippen LogP contribution >= 0.6 is 0 Å². The Kier molecular flexibility index (Phi) is 6.27. The van der Waals surface area contributed by atoms with Gasteiger partial charge in [0.15, 0.2) is 0 Å². The maximum absolute atomic E-state index is 2.27. The first kappa shape index (κ1) is 15.6. The molecule has 110 valence electrons. The quantitative estimate of drug-likeness (QED) is 0.528. The highest BCUT2D eigenvalue weighted by Crippen LogP contribution is 2.21. The van der Waals surface area contributed by atoms with Crippen LogP contribution in [0.15, 0.2) is 60.7 Å². The molecular formula is C21H26. The van der Waals surface area contributed by atoms with E-state index in [1.54, 1.807) is 0 Å². The van der Waals surface area contributed by atoms with E-state index in [0.29, 0.717) is 0 Å². The van der Waals surface area contributed by atoms with Gasteiger partial charge in [-0.05, 0) is 54.9 Å². The van der Waals surface area contributed by atoms with Crippen LogP contribution in [0, 0.1) is 0 Å². The van der Waals surface area contributed by atoms with E-state index < -0.39 is 0 Å². The third-order valence-electron chi connectivity index (χ3n) is 3.90. The van der Waals surface area contributed by atoms with Crippen LogP contribution in [0.25, 0.3) is 11.1 Å².